The molecule has 5 unspecified atom stereocenters. The van der Waals surface area contributed by atoms with E-state index < -0.39 is 0 Å². The second-order valence-corrected chi connectivity index (χ2v) is 8.03. The molecule has 5 atom stereocenters. The molecule has 1 saturated heterocycles. The van der Waals surface area contributed by atoms with Crippen molar-refractivity contribution < 1.29 is 14.2 Å². The third kappa shape index (κ3) is 1.97. The lowest BCUT2D eigenvalue weighted by Gasteiger charge is -2.55. The molecule has 138 valence electrons. The number of ether oxygens (including phenoxy) is 3. The Morgan fingerprint density at radius 2 is 2.00 bits per heavy atom. The van der Waals surface area contributed by atoms with Crippen molar-refractivity contribution in [2.24, 2.45) is 5.92 Å². The van der Waals surface area contributed by atoms with Gasteiger partial charge in [-0.15, -0.1) is 0 Å². The molecule has 2 aromatic carbocycles. The topological polar surface area (TPSA) is 39.7 Å². The molecule has 0 amide bonds. The van der Waals surface area contributed by atoms with Gasteiger partial charge in [0.25, 0.3) is 0 Å². The summed E-state index contributed by atoms with van der Waals surface area (Å²) < 4.78 is 18.6. The quantitative estimate of drug-likeness (QED) is 0.852. The van der Waals surface area contributed by atoms with E-state index in [0.29, 0.717) is 12.0 Å². The van der Waals surface area contributed by atoms with Crippen LogP contribution in [0, 0.1) is 5.92 Å². The van der Waals surface area contributed by atoms with E-state index in [-0.39, 0.29) is 17.6 Å². The van der Waals surface area contributed by atoms with Crippen LogP contribution >= 0.6 is 0 Å². The number of rotatable bonds is 3. The summed E-state index contributed by atoms with van der Waals surface area (Å²) in [5, 5.41) is 3.77. The fourth-order valence-corrected chi connectivity index (χ4v) is 5.95. The number of hydrogen-bond donors (Lipinski definition) is 1. The minimum Gasteiger partial charge on any atom is -0.493 e. The van der Waals surface area contributed by atoms with Crippen LogP contribution in [0.2, 0.25) is 0 Å². The number of piperidine rings is 1. The number of benzene rings is 2. The fourth-order valence-electron chi connectivity index (χ4n) is 5.95. The van der Waals surface area contributed by atoms with Gasteiger partial charge in [0.2, 0.25) is 0 Å². The smallest absolute Gasteiger partial charge is 0.166 e. The Bertz CT molecular complexity index is 925. The number of nitrogens with one attached hydrogen (secondary N) is 1. The van der Waals surface area contributed by atoms with E-state index >= 15 is 0 Å². The van der Waals surface area contributed by atoms with E-state index in [1.165, 1.54) is 11.1 Å². The Morgan fingerprint density at radius 1 is 1.11 bits per heavy atom. The second kappa shape index (κ2) is 5.52. The van der Waals surface area contributed by atoms with Gasteiger partial charge in [0.05, 0.1) is 7.11 Å². The van der Waals surface area contributed by atoms with E-state index in [2.05, 4.69) is 29.6 Å². The van der Waals surface area contributed by atoms with E-state index in [1.54, 1.807) is 7.11 Å². The van der Waals surface area contributed by atoms with Crippen LogP contribution in [-0.2, 0) is 11.8 Å². The molecule has 27 heavy (non-hydrogen) atoms. The monoisotopic (exact) mass is 361 g/mol. The largest absolute Gasteiger partial charge is 0.493 e. The summed E-state index contributed by atoms with van der Waals surface area (Å²) in [5.74, 6) is 3.08. The molecule has 0 saturated carbocycles. The van der Waals surface area contributed by atoms with Crippen molar-refractivity contribution in [3.05, 3.63) is 65.7 Å². The summed E-state index contributed by atoms with van der Waals surface area (Å²) in [6.45, 7) is 1.02. The van der Waals surface area contributed by atoms with Crippen LogP contribution in [0.5, 0.6) is 17.2 Å². The SMILES string of the molecule is COc1ccc2c3c1OC1C=CC(Oc4ccccc4)C4C(C2)NCCC314. The predicted molar refractivity (Wildman–Crippen MR) is 103 cm³/mol. The van der Waals surface area contributed by atoms with Crippen LogP contribution < -0.4 is 19.5 Å². The predicted octanol–water partition coefficient (Wildman–Crippen LogP) is 3.25. The first-order valence-corrected chi connectivity index (χ1v) is 9.81. The van der Waals surface area contributed by atoms with Gasteiger partial charge in [-0.05, 0) is 55.3 Å². The molecular formula is C23H23NO3. The van der Waals surface area contributed by atoms with Crippen molar-refractivity contribution in [3.63, 3.8) is 0 Å². The van der Waals surface area contributed by atoms with E-state index in [1.807, 2.05) is 30.3 Å². The third-order valence-electron chi connectivity index (χ3n) is 6.90. The summed E-state index contributed by atoms with van der Waals surface area (Å²) in [4.78, 5) is 0. The first kappa shape index (κ1) is 15.6. The van der Waals surface area contributed by atoms with Crippen LogP contribution in [0.4, 0.5) is 0 Å². The number of para-hydroxylation sites is 1. The van der Waals surface area contributed by atoms with Crippen molar-refractivity contribution in [3.8, 4) is 17.2 Å². The highest BCUT2D eigenvalue weighted by Gasteiger charge is 2.64. The zero-order chi connectivity index (χ0) is 18.0. The molecule has 1 N–H and O–H groups in total. The van der Waals surface area contributed by atoms with Gasteiger partial charge in [0.1, 0.15) is 18.0 Å². The second-order valence-electron chi connectivity index (χ2n) is 8.03. The molecule has 2 aliphatic carbocycles. The average Bonchev–Trinajstić information content (AvgIpc) is 3.02. The standard InChI is InChI=1S/C23H23NO3/c1-25-18-8-7-14-13-16-21-17(26-15-5-3-2-4-6-15)9-10-19-23(21,11-12-24-16)20(14)22(18)27-19/h2-10,16-17,19,21,24H,11-13H2,1H3. The normalized spacial score (nSPS) is 34.6. The van der Waals surface area contributed by atoms with Gasteiger partial charge in [-0.2, -0.15) is 0 Å². The molecule has 0 radical (unpaired) electrons. The number of hydrogen-bond acceptors (Lipinski definition) is 4. The molecular weight excluding hydrogens is 338 g/mol. The van der Waals surface area contributed by atoms with E-state index in [0.717, 1.165) is 36.6 Å². The first-order valence-electron chi connectivity index (χ1n) is 9.81. The lowest BCUT2D eigenvalue weighted by molar-refractivity contribution is -0.00297. The fraction of sp³-hybridized carbons (Fsp3) is 0.391. The molecule has 2 heterocycles. The molecule has 4 nitrogen and oxygen atoms in total. The molecule has 2 aromatic rings. The first-order chi connectivity index (χ1) is 13.3. The Morgan fingerprint density at radius 3 is 2.85 bits per heavy atom. The summed E-state index contributed by atoms with van der Waals surface area (Å²) in [7, 11) is 1.73. The van der Waals surface area contributed by atoms with Gasteiger partial charge in [-0.1, -0.05) is 24.3 Å². The highest BCUT2D eigenvalue weighted by atomic mass is 16.5. The van der Waals surface area contributed by atoms with E-state index in [9.17, 15) is 0 Å². The lowest BCUT2D eigenvalue weighted by Crippen LogP contribution is -2.66. The zero-order valence-corrected chi connectivity index (χ0v) is 15.4. The minimum atomic E-state index is -0.0262. The molecule has 1 fully saturated rings. The van der Waals surface area contributed by atoms with Gasteiger partial charge < -0.3 is 19.5 Å². The maximum Gasteiger partial charge on any atom is 0.166 e. The van der Waals surface area contributed by atoms with Crippen LogP contribution in [0.3, 0.4) is 0 Å². The summed E-state index contributed by atoms with van der Waals surface area (Å²) in [6, 6.07) is 14.8. The molecule has 2 aliphatic heterocycles. The molecule has 0 aromatic heterocycles. The molecule has 1 spiro atoms. The lowest BCUT2D eigenvalue weighted by atomic mass is 9.53. The third-order valence-corrected chi connectivity index (χ3v) is 6.90. The highest BCUT2D eigenvalue weighted by Crippen LogP contribution is 2.61. The highest BCUT2D eigenvalue weighted by molar-refractivity contribution is 5.62. The van der Waals surface area contributed by atoms with Crippen LogP contribution in [0.15, 0.2) is 54.6 Å². The van der Waals surface area contributed by atoms with Gasteiger partial charge in [-0.3, -0.25) is 0 Å². The molecule has 2 bridgehead atoms. The Labute approximate surface area is 159 Å². The summed E-state index contributed by atoms with van der Waals surface area (Å²) in [6.07, 6.45) is 6.61. The molecule has 6 rings (SSSR count). The van der Waals surface area contributed by atoms with Gasteiger partial charge in [0.15, 0.2) is 11.5 Å². The number of methoxy groups -OCH3 is 1. The van der Waals surface area contributed by atoms with Crippen molar-refractivity contribution >= 4 is 0 Å². The maximum atomic E-state index is 6.50. The van der Waals surface area contributed by atoms with Gasteiger partial charge in [-0.25, -0.2) is 0 Å². The zero-order valence-electron chi connectivity index (χ0n) is 15.4. The molecule has 4 aliphatic rings. The van der Waals surface area contributed by atoms with E-state index in [4.69, 9.17) is 14.2 Å². The Kier molecular flexibility index (Phi) is 3.19. The minimum absolute atomic E-state index is 0.0262. The maximum absolute atomic E-state index is 6.50. The van der Waals surface area contributed by atoms with Crippen LogP contribution in [0.1, 0.15) is 17.5 Å². The van der Waals surface area contributed by atoms with Crippen molar-refractivity contribution in [2.45, 2.75) is 36.5 Å². The van der Waals surface area contributed by atoms with Crippen molar-refractivity contribution in [1.29, 1.82) is 0 Å². The summed E-state index contributed by atoms with van der Waals surface area (Å²) >= 11 is 0. The van der Waals surface area contributed by atoms with Crippen LogP contribution in [0.25, 0.3) is 0 Å². The molecule has 4 heteroatoms. The average molecular weight is 361 g/mol. The van der Waals surface area contributed by atoms with Crippen molar-refractivity contribution in [2.75, 3.05) is 13.7 Å². The van der Waals surface area contributed by atoms with Crippen LogP contribution in [-0.4, -0.2) is 31.9 Å². The summed E-state index contributed by atoms with van der Waals surface area (Å²) in [5.41, 5.74) is 2.75. The van der Waals surface area contributed by atoms with Gasteiger partial charge in [0, 0.05) is 22.9 Å². The van der Waals surface area contributed by atoms with Gasteiger partial charge >= 0.3 is 0 Å². The van der Waals surface area contributed by atoms with Crippen molar-refractivity contribution in [1.82, 2.24) is 5.32 Å². The Balaban J connectivity index is 1.51. The Hall–Kier alpha value is -2.46.